The third-order valence-electron chi connectivity index (χ3n) is 1.58. The van der Waals surface area contributed by atoms with Gasteiger partial charge in [-0.05, 0) is 12.8 Å². The molecule has 1 nitrogen and oxygen atoms in total. The second-order valence-electron chi connectivity index (χ2n) is 2.68. The minimum Gasteiger partial charge on any atom is -0.364 e. The third kappa shape index (κ3) is 9.82. The molecular weight excluding hydrogens is 150 g/mol. The molecule has 0 heterocycles. The Bertz CT molecular complexity index is 76.5. The Balaban J connectivity index is 2.80. The second-order valence-corrected chi connectivity index (χ2v) is 2.68. The molecule has 0 aliphatic rings. The zero-order valence-corrected chi connectivity index (χ0v) is 6.73. The van der Waals surface area contributed by atoms with Crippen LogP contribution in [-0.4, -0.2) is 18.1 Å². The van der Waals surface area contributed by atoms with E-state index in [9.17, 15) is 8.78 Å². The van der Waals surface area contributed by atoms with Gasteiger partial charge in [0.2, 0.25) is 0 Å². The summed E-state index contributed by atoms with van der Waals surface area (Å²) in [7, 11) is 0. The number of unbranched alkanes of at least 4 members (excludes halogenated alkanes) is 4. The molecule has 0 rings (SSSR count). The molecule has 0 fully saturated rings. The van der Waals surface area contributed by atoms with E-state index in [2.05, 4.69) is 0 Å². The van der Waals surface area contributed by atoms with Crippen LogP contribution in [0.1, 0.15) is 38.5 Å². The van der Waals surface area contributed by atoms with E-state index in [0.717, 1.165) is 19.3 Å². The summed E-state index contributed by atoms with van der Waals surface area (Å²) >= 11 is 0. The molecule has 0 aromatic rings. The van der Waals surface area contributed by atoms with Crippen molar-refractivity contribution in [3.8, 4) is 0 Å². The first-order valence-corrected chi connectivity index (χ1v) is 4.15. The van der Waals surface area contributed by atoms with Gasteiger partial charge in [0.25, 0.3) is 0 Å². The van der Waals surface area contributed by atoms with E-state index < -0.39 is 6.36 Å². The maximum absolute atomic E-state index is 11.8. The average molecular weight is 166 g/mol. The summed E-state index contributed by atoms with van der Waals surface area (Å²) < 4.78 is 23.3. The normalized spacial score (nSPS) is 13.4. The van der Waals surface area contributed by atoms with Crippen LogP contribution < -0.4 is 0 Å². The molecule has 1 N–H and O–H groups in total. The fourth-order valence-corrected chi connectivity index (χ4v) is 0.938. The van der Waals surface area contributed by atoms with Crippen LogP contribution in [0.5, 0.6) is 0 Å². The Morgan fingerprint density at radius 1 is 1.00 bits per heavy atom. The van der Waals surface area contributed by atoms with Crippen molar-refractivity contribution in [3.05, 3.63) is 0 Å². The first kappa shape index (κ1) is 10.8. The highest BCUT2D eigenvalue weighted by Gasteiger charge is 1.98. The molecule has 3 heteroatoms. The van der Waals surface area contributed by atoms with Gasteiger partial charge in [0.15, 0.2) is 6.36 Å². The molecule has 0 aliphatic heterocycles. The van der Waals surface area contributed by atoms with Crippen LogP contribution in [0.15, 0.2) is 0 Å². The lowest BCUT2D eigenvalue weighted by atomic mass is 10.1. The molecule has 0 amide bonds. The van der Waals surface area contributed by atoms with E-state index in [4.69, 9.17) is 5.11 Å². The molecule has 0 aliphatic carbocycles. The van der Waals surface area contributed by atoms with E-state index in [1.165, 1.54) is 0 Å². The topological polar surface area (TPSA) is 20.2 Å². The van der Waals surface area contributed by atoms with Crippen molar-refractivity contribution >= 4 is 0 Å². The van der Waals surface area contributed by atoms with E-state index in [1.807, 2.05) is 0 Å². The Labute approximate surface area is 66.4 Å². The van der Waals surface area contributed by atoms with Gasteiger partial charge in [-0.3, -0.25) is 4.39 Å². The molecular formula is C8H16F2O. The molecule has 0 saturated heterocycles. The van der Waals surface area contributed by atoms with Gasteiger partial charge in [-0.25, -0.2) is 4.39 Å². The number of aliphatic hydroxyl groups excluding tert-OH is 1. The van der Waals surface area contributed by atoms with Crippen LogP contribution in [0.2, 0.25) is 0 Å². The van der Waals surface area contributed by atoms with Gasteiger partial charge in [0, 0.05) is 6.42 Å². The molecule has 0 saturated carbocycles. The fraction of sp³-hybridized carbons (Fsp3) is 1.00. The number of halogens is 2. The zero-order chi connectivity index (χ0) is 8.53. The van der Waals surface area contributed by atoms with Crippen LogP contribution in [0.3, 0.4) is 0 Å². The number of aliphatic hydroxyl groups is 1. The molecule has 1 unspecified atom stereocenters. The van der Waals surface area contributed by atoms with Gasteiger partial charge in [-0.15, -0.1) is 0 Å². The molecule has 1 atom stereocenters. The summed E-state index contributed by atoms with van der Waals surface area (Å²) in [6.45, 7) is -0.258. The standard InChI is InChI=1S/C8H16F2O/c9-7-5-3-1-2-4-6-8(10)11/h8,11H,1-7H2. The fourth-order valence-electron chi connectivity index (χ4n) is 0.938. The Kier molecular flexibility index (Phi) is 7.79. The molecule has 0 radical (unpaired) electrons. The first-order chi connectivity index (χ1) is 5.27. The lowest BCUT2D eigenvalue weighted by Crippen LogP contribution is -1.96. The lowest BCUT2D eigenvalue weighted by molar-refractivity contribution is 0.0323. The number of alkyl halides is 2. The Morgan fingerprint density at radius 2 is 1.55 bits per heavy atom. The van der Waals surface area contributed by atoms with Gasteiger partial charge in [0.05, 0.1) is 6.67 Å². The maximum atomic E-state index is 11.8. The Hall–Kier alpha value is -0.180. The summed E-state index contributed by atoms with van der Waals surface area (Å²) in [5.41, 5.74) is 0. The van der Waals surface area contributed by atoms with Gasteiger partial charge < -0.3 is 5.11 Å². The number of hydrogen-bond donors (Lipinski definition) is 1. The predicted octanol–water partition coefficient (Wildman–Crippen LogP) is 2.58. The van der Waals surface area contributed by atoms with Crippen molar-refractivity contribution in [2.45, 2.75) is 44.9 Å². The zero-order valence-electron chi connectivity index (χ0n) is 6.73. The van der Waals surface area contributed by atoms with E-state index in [0.29, 0.717) is 12.8 Å². The van der Waals surface area contributed by atoms with Crippen LogP contribution in [-0.2, 0) is 0 Å². The van der Waals surface area contributed by atoms with E-state index in [1.54, 1.807) is 0 Å². The van der Waals surface area contributed by atoms with Crippen molar-refractivity contribution in [1.82, 2.24) is 0 Å². The van der Waals surface area contributed by atoms with E-state index >= 15 is 0 Å². The van der Waals surface area contributed by atoms with Crippen molar-refractivity contribution < 1.29 is 13.9 Å². The molecule has 0 bridgehead atoms. The van der Waals surface area contributed by atoms with E-state index in [-0.39, 0.29) is 13.1 Å². The summed E-state index contributed by atoms with van der Waals surface area (Å²) in [5, 5.41) is 8.23. The van der Waals surface area contributed by atoms with Crippen LogP contribution in [0.25, 0.3) is 0 Å². The summed E-state index contributed by atoms with van der Waals surface area (Å²) in [4.78, 5) is 0. The molecule has 11 heavy (non-hydrogen) atoms. The SMILES string of the molecule is OC(F)CCCCCCCF. The average Bonchev–Trinajstić information content (AvgIpc) is 1.96. The third-order valence-corrected chi connectivity index (χ3v) is 1.58. The van der Waals surface area contributed by atoms with Gasteiger partial charge in [0.1, 0.15) is 0 Å². The highest BCUT2D eigenvalue weighted by atomic mass is 19.1. The molecule has 0 spiro atoms. The van der Waals surface area contributed by atoms with Crippen molar-refractivity contribution in [1.29, 1.82) is 0 Å². The molecule has 68 valence electrons. The van der Waals surface area contributed by atoms with Crippen LogP contribution >= 0.6 is 0 Å². The second kappa shape index (κ2) is 7.92. The Morgan fingerprint density at radius 3 is 2.09 bits per heavy atom. The van der Waals surface area contributed by atoms with Crippen molar-refractivity contribution in [3.63, 3.8) is 0 Å². The largest absolute Gasteiger partial charge is 0.364 e. The number of rotatable bonds is 7. The minimum atomic E-state index is -1.67. The minimum absolute atomic E-state index is 0.218. The van der Waals surface area contributed by atoms with Gasteiger partial charge in [-0.1, -0.05) is 19.3 Å². The van der Waals surface area contributed by atoms with Crippen molar-refractivity contribution in [2.24, 2.45) is 0 Å². The van der Waals surface area contributed by atoms with Crippen LogP contribution in [0, 0.1) is 0 Å². The molecule has 0 aromatic carbocycles. The monoisotopic (exact) mass is 166 g/mol. The highest BCUT2D eigenvalue weighted by molar-refractivity contribution is 4.45. The maximum Gasteiger partial charge on any atom is 0.196 e. The summed E-state index contributed by atoms with van der Waals surface area (Å²) in [6.07, 6.45) is 2.56. The number of hydrogen-bond acceptors (Lipinski definition) is 1. The summed E-state index contributed by atoms with van der Waals surface area (Å²) in [5.74, 6) is 0. The molecule has 0 aromatic heterocycles. The first-order valence-electron chi connectivity index (χ1n) is 4.15. The van der Waals surface area contributed by atoms with Crippen LogP contribution in [0.4, 0.5) is 8.78 Å². The smallest absolute Gasteiger partial charge is 0.196 e. The lowest BCUT2D eigenvalue weighted by Gasteiger charge is -2.00. The quantitative estimate of drug-likeness (QED) is 0.576. The summed E-state index contributed by atoms with van der Waals surface area (Å²) in [6, 6.07) is 0. The van der Waals surface area contributed by atoms with Gasteiger partial charge >= 0.3 is 0 Å². The highest BCUT2D eigenvalue weighted by Crippen LogP contribution is 2.07. The van der Waals surface area contributed by atoms with Crippen molar-refractivity contribution in [2.75, 3.05) is 6.67 Å². The predicted molar refractivity (Wildman–Crippen MR) is 40.8 cm³/mol. The van der Waals surface area contributed by atoms with Gasteiger partial charge in [-0.2, -0.15) is 0 Å².